The molecule has 14 heavy (non-hydrogen) atoms. The molecule has 1 aliphatic heterocycles. The summed E-state index contributed by atoms with van der Waals surface area (Å²) in [6.45, 7) is 3.51. The maximum Gasteiger partial charge on any atom is 0.0618 e. The van der Waals surface area contributed by atoms with Crippen LogP contribution in [0.5, 0.6) is 0 Å². The van der Waals surface area contributed by atoms with Crippen molar-refractivity contribution in [3.05, 3.63) is 0 Å². The van der Waals surface area contributed by atoms with E-state index in [1.807, 2.05) is 0 Å². The first-order valence-electron chi connectivity index (χ1n) is 5.63. The van der Waals surface area contributed by atoms with Crippen molar-refractivity contribution in [2.24, 2.45) is 5.41 Å². The van der Waals surface area contributed by atoms with Gasteiger partial charge in [-0.1, -0.05) is 6.42 Å². The Morgan fingerprint density at radius 2 is 2.14 bits per heavy atom. The van der Waals surface area contributed by atoms with Crippen LogP contribution < -0.4 is 0 Å². The monoisotopic (exact) mass is 199 g/mol. The molecule has 0 aromatic heterocycles. The van der Waals surface area contributed by atoms with E-state index in [2.05, 4.69) is 4.90 Å². The van der Waals surface area contributed by atoms with Crippen LogP contribution in [-0.4, -0.2) is 49.5 Å². The van der Waals surface area contributed by atoms with Crippen LogP contribution in [0.4, 0.5) is 0 Å². The Morgan fingerprint density at radius 3 is 2.57 bits per heavy atom. The van der Waals surface area contributed by atoms with E-state index < -0.39 is 0 Å². The Kier molecular flexibility index (Phi) is 3.10. The van der Waals surface area contributed by atoms with Crippen LogP contribution in [-0.2, 0) is 4.74 Å². The fourth-order valence-electron chi connectivity index (χ4n) is 2.78. The van der Waals surface area contributed by atoms with Crippen molar-refractivity contribution in [1.82, 2.24) is 4.90 Å². The lowest BCUT2D eigenvalue weighted by atomic mass is 9.63. The van der Waals surface area contributed by atoms with Gasteiger partial charge in [0.1, 0.15) is 0 Å². The molecular formula is C11H21NO2. The molecule has 1 spiro atoms. The van der Waals surface area contributed by atoms with Gasteiger partial charge in [-0.15, -0.1) is 0 Å². The summed E-state index contributed by atoms with van der Waals surface area (Å²) in [6, 6.07) is 0.441. The number of methoxy groups -OCH3 is 1. The van der Waals surface area contributed by atoms with Gasteiger partial charge in [-0.3, -0.25) is 4.90 Å². The van der Waals surface area contributed by atoms with Crippen LogP contribution in [0.1, 0.15) is 25.7 Å². The summed E-state index contributed by atoms with van der Waals surface area (Å²) >= 11 is 0. The highest BCUT2D eigenvalue weighted by molar-refractivity contribution is 5.02. The van der Waals surface area contributed by atoms with E-state index in [1.54, 1.807) is 7.11 Å². The van der Waals surface area contributed by atoms with Crippen LogP contribution in [0, 0.1) is 5.41 Å². The van der Waals surface area contributed by atoms with Crippen molar-refractivity contribution in [2.75, 3.05) is 33.4 Å². The standard InChI is InChI=1S/C11H21NO2/c1-14-7-10(3-6-13)12-8-11(9-12)4-2-5-11/h10,13H,2-9H2,1H3. The third-order valence-electron chi connectivity index (χ3n) is 3.83. The number of aliphatic hydroxyl groups is 1. The third-order valence-corrected chi connectivity index (χ3v) is 3.83. The molecule has 1 saturated heterocycles. The van der Waals surface area contributed by atoms with E-state index in [-0.39, 0.29) is 6.61 Å². The molecule has 0 aromatic rings. The molecule has 0 aromatic carbocycles. The Hall–Kier alpha value is -0.120. The van der Waals surface area contributed by atoms with Crippen LogP contribution >= 0.6 is 0 Å². The minimum Gasteiger partial charge on any atom is -0.396 e. The van der Waals surface area contributed by atoms with Gasteiger partial charge in [0.2, 0.25) is 0 Å². The first-order chi connectivity index (χ1) is 6.79. The highest BCUT2D eigenvalue weighted by atomic mass is 16.5. The van der Waals surface area contributed by atoms with E-state index >= 15 is 0 Å². The molecule has 1 aliphatic carbocycles. The molecule has 2 aliphatic rings. The van der Waals surface area contributed by atoms with Gasteiger partial charge in [-0.2, -0.15) is 0 Å². The Balaban J connectivity index is 1.76. The second kappa shape index (κ2) is 4.17. The van der Waals surface area contributed by atoms with Crippen molar-refractivity contribution in [3.63, 3.8) is 0 Å². The van der Waals surface area contributed by atoms with E-state index in [1.165, 1.54) is 32.4 Å². The maximum absolute atomic E-state index is 8.95. The Bertz CT molecular complexity index is 178. The van der Waals surface area contributed by atoms with Crippen molar-refractivity contribution in [2.45, 2.75) is 31.7 Å². The summed E-state index contributed by atoms with van der Waals surface area (Å²) in [5, 5.41) is 8.95. The van der Waals surface area contributed by atoms with E-state index in [4.69, 9.17) is 9.84 Å². The molecule has 3 nitrogen and oxygen atoms in total. The van der Waals surface area contributed by atoms with Gasteiger partial charge in [0.25, 0.3) is 0 Å². The summed E-state index contributed by atoms with van der Waals surface area (Å²) in [5.41, 5.74) is 0.682. The molecule has 3 heteroatoms. The van der Waals surface area contributed by atoms with E-state index in [0.29, 0.717) is 11.5 Å². The highest BCUT2D eigenvalue weighted by Gasteiger charge is 2.48. The quantitative estimate of drug-likeness (QED) is 0.713. The molecule has 2 fully saturated rings. The molecule has 1 N–H and O–H groups in total. The van der Waals surface area contributed by atoms with Crippen molar-refractivity contribution in [1.29, 1.82) is 0 Å². The molecule has 0 bridgehead atoms. The van der Waals surface area contributed by atoms with Crippen molar-refractivity contribution < 1.29 is 9.84 Å². The molecule has 82 valence electrons. The minimum atomic E-state index is 0.275. The summed E-state index contributed by atoms with van der Waals surface area (Å²) in [5.74, 6) is 0. The van der Waals surface area contributed by atoms with Gasteiger partial charge in [-0.05, 0) is 24.7 Å². The predicted octanol–water partition coefficient (Wildman–Crippen LogP) is 0.870. The topological polar surface area (TPSA) is 32.7 Å². The highest BCUT2D eigenvalue weighted by Crippen LogP contribution is 2.48. The smallest absolute Gasteiger partial charge is 0.0618 e. The zero-order chi connectivity index (χ0) is 10.0. The number of ether oxygens (including phenoxy) is 1. The van der Waals surface area contributed by atoms with Gasteiger partial charge in [0.05, 0.1) is 6.61 Å². The first-order valence-corrected chi connectivity index (χ1v) is 5.63. The number of rotatable bonds is 5. The molecule has 2 rings (SSSR count). The second-order valence-corrected chi connectivity index (χ2v) is 4.88. The van der Waals surface area contributed by atoms with Crippen molar-refractivity contribution in [3.8, 4) is 0 Å². The van der Waals surface area contributed by atoms with Crippen LogP contribution in [0.3, 0.4) is 0 Å². The number of nitrogens with zero attached hydrogens (tertiary/aromatic N) is 1. The van der Waals surface area contributed by atoms with Gasteiger partial charge in [-0.25, -0.2) is 0 Å². The average molecular weight is 199 g/mol. The van der Waals surface area contributed by atoms with Gasteiger partial charge < -0.3 is 9.84 Å². The fourth-order valence-corrected chi connectivity index (χ4v) is 2.78. The zero-order valence-electron chi connectivity index (χ0n) is 9.04. The largest absolute Gasteiger partial charge is 0.396 e. The van der Waals surface area contributed by atoms with Gasteiger partial charge >= 0.3 is 0 Å². The third kappa shape index (κ3) is 1.81. The number of likely N-dealkylation sites (tertiary alicyclic amines) is 1. The molecule has 0 radical (unpaired) electrons. The normalized spacial score (nSPS) is 27.0. The second-order valence-electron chi connectivity index (χ2n) is 4.88. The number of aliphatic hydroxyl groups excluding tert-OH is 1. The van der Waals surface area contributed by atoms with Crippen molar-refractivity contribution >= 4 is 0 Å². The molecule has 1 atom stereocenters. The SMILES string of the molecule is COCC(CCO)N1CC2(CCC2)C1. The number of hydrogen-bond donors (Lipinski definition) is 1. The van der Waals surface area contributed by atoms with E-state index in [0.717, 1.165) is 13.0 Å². The maximum atomic E-state index is 8.95. The van der Waals surface area contributed by atoms with E-state index in [9.17, 15) is 0 Å². The lowest BCUT2D eigenvalue weighted by molar-refractivity contribution is -0.0986. The Labute approximate surface area is 86.0 Å². The summed E-state index contributed by atoms with van der Waals surface area (Å²) in [7, 11) is 1.74. The number of hydrogen-bond acceptors (Lipinski definition) is 3. The van der Waals surface area contributed by atoms with Crippen LogP contribution in [0.2, 0.25) is 0 Å². The average Bonchev–Trinajstić information content (AvgIpc) is 1.99. The first kappa shape index (κ1) is 10.4. The molecule has 0 amide bonds. The summed E-state index contributed by atoms with van der Waals surface area (Å²) < 4.78 is 5.18. The lowest BCUT2D eigenvalue weighted by Gasteiger charge is -2.58. The minimum absolute atomic E-state index is 0.275. The van der Waals surface area contributed by atoms with Crippen LogP contribution in [0.15, 0.2) is 0 Å². The fraction of sp³-hybridized carbons (Fsp3) is 1.00. The van der Waals surface area contributed by atoms with Gasteiger partial charge in [0.15, 0.2) is 0 Å². The molecule has 1 unspecified atom stereocenters. The zero-order valence-corrected chi connectivity index (χ0v) is 9.04. The summed E-state index contributed by atoms with van der Waals surface area (Å²) in [4.78, 5) is 2.47. The van der Waals surface area contributed by atoms with Crippen LogP contribution in [0.25, 0.3) is 0 Å². The van der Waals surface area contributed by atoms with Gasteiger partial charge in [0, 0.05) is 32.8 Å². The molecular weight excluding hydrogens is 178 g/mol. The molecule has 1 saturated carbocycles. The molecule has 1 heterocycles. The Morgan fingerprint density at radius 1 is 1.43 bits per heavy atom. The lowest BCUT2D eigenvalue weighted by Crippen LogP contribution is -2.63. The predicted molar refractivity (Wildman–Crippen MR) is 55.2 cm³/mol. The summed E-state index contributed by atoms with van der Waals surface area (Å²) in [6.07, 6.45) is 5.11.